The molecule has 0 radical (unpaired) electrons. The molecule has 1 amide bonds. The maximum Gasteiger partial charge on any atom is 0.252 e. The van der Waals surface area contributed by atoms with Gasteiger partial charge in [0, 0.05) is 5.38 Å². The monoisotopic (exact) mass is 383 g/mol. The number of carbonyl (C=O) groups is 1. The first-order chi connectivity index (χ1) is 13.0. The van der Waals surface area contributed by atoms with Crippen molar-refractivity contribution in [2.75, 3.05) is 0 Å². The van der Waals surface area contributed by atoms with Gasteiger partial charge in [-0.05, 0) is 55.9 Å². The third-order valence-electron chi connectivity index (χ3n) is 6.38. The molecule has 2 heterocycles. The van der Waals surface area contributed by atoms with Gasteiger partial charge in [0.25, 0.3) is 5.91 Å². The molecule has 2 aliphatic carbocycles. The number of carbonyl (C=O) groups excluding carboxylic acids is 1. The van der Waals surface area contributed by atoms with Gasteiger partial charge >= 0.3 is 0 Å². The predicted octanol–water partition coefficient (Wildman–Crippen LogP) is 3.82. The number of thiophene rings is 1. The van der Waals surface area contributed by atoms with E-state index in [1.165, 1.54) is 11.3 Å². The van der Waals surface area contributed by atoms with Crippen LogP contribution in [0.4, 0.5) is 0 Å². The largest absolute Gasteiger partial charge is 0.341 e. The van der Waals surface area contributed by atoms with Crippen molar-refractivity contribution >= 4 is 17.2 Å². The van der Waals surface area contributed by atoms with E-state index in [2.05, 4.69) is 35.5 Å². The topological polar surface area (TPSA) is 83.6 Å². The average Bonchev–Trinajstić information content (AvgIpc) is 3.08. The first-order valence-corrected chi connectivity index (χ1v) is 10.6. The molecule has 0 aromatic carbocycles. The Kier molecular flexibility index (Phi) is 4.55. The molecule has 4 rings (SSSR count). The minimum Gasteiger partial charge on any atom is -0.341 e. The highest BCUT2D eigenvalue weighted by atomic mass is 32.1. The van der Waals surface area contributed by atoms with E-state index >= 15 is 0 Å². The predicted molar refractivity (Wildman–Crippen MR) is 103 cm³/mol. The fourth-order valence-corrected chi connectivity index (χ4v) is 4.77. The van der Waals surface area contributed by atoms with Gasteiger partial charge in [-0.2, -0.15) is 16.6 Å². The number of nitrogens with one attached hydrogen (secondary N) is 1. The van der Waals surface area contributed by atoms with Crippen LogP contribution in [0.3, 0.4) is 0 Å². The second-order valence-electron chi connectivity index (χ2n) is 8.32. The molecule has 27 heavy (non-hydrogen) atoms. The Balaban J connectivity index is 1.65. The Morgan fingerprint density at radius 3 is 2.74 bits per heavy atom. The fraction of sp³-hybridized carbons (Fsp3) is 0.600. The van der Waals surface area contributed by atoms with E-state index in [-0.39, 0.29) is 5.91 Å². The van der Waals surface area contributed by atoms with Crippen LogP contribution in [0.5, 0.6) is 0 Å². The molecule has 0 saturated heterocycles. The quantitative estimate of drug-likeness (QED) is 0.850. The minimum atomic E-state index is -0.594. The molecule has 7 heteroatoms. The lowest BCUT2D eigenvalue weighted by Crippen LogP contribution is -2.50. The highest BCUT2D eigenvalue weighted by Crippen LogP contribution is 2.44. The third-order valence-corrected chi connectivity index (χ3v) is 7.07. The number of amides is 1. The third kappa shape index (κ3) is 3.27. The van der Waals surface area contributed by atoms with Gasteiger partial charge in [0.15, 0.2) is 5.54 Å². The van der Waals surface area contributed by atoms with E-state index < -0.39 is 11.1 Å². The highest BCUT2D eigenvalue weighted by molar-refractivity contribution is 7.08. The number of aromatic nitrogens is 3. The number of hydrogen-bond acceptors (Lipinski definition) is 5. The van der Waals surface area contributed by atoms with Crippen molar-refractivity contribution in [2.45, 2.75) is 63.5 Å². The van der Waals surface area contributed by atoms with Gasteiger partial charge in [0.1, 0.15) is 5.69 Å². The van der Waals surface area contributed by atoms with Gasteiger partial charge < -0.3 is 5.32 Å². The van der Waals surface area contributed by atoms with Crippen molar-refractivity contribution in [3.63, 3.8) is 0 Å². The zero-order chi connectivity index (χ0) is 19.1. The molecule has 1 N–H and O–H groups in total. The van der Waals surface area contributed by atoms with E-state index in [9.17, 15) is 10.1 Å². The molecule has 6 nitrogen and oxygen atoms in total. The molecular formula is C20H25N5OS. The Hall–Kier alpha value is -2.20. The van der Waals surface area contributed by atoms with Crippen LogP contribution in [-0.4, -0.2) is 20.9 Å². The van der Waals surface area contributed by atoms with Gasteiger partial charge in [-0.15, -0.1) is 5.10 Å². The molecule has 142 valence electrons. The summed E-state index contributed by atoms with van der Waals surface area (Å²) in [6, 6.07) is 4.20. The van der Waals surface area contributed by atoms with Crippen LogP contribution >= 0.6 is 11.3 Å². The number of nitriles is 1. The van der Waals surface area contributed by atoms with Crippen molar-refractivity contribution in [3.05, 3.63) is 34.3 Å². The van der Waals surface area contributed by atoms with Crippen LogP contribution in [0.25, 0.3) is 0 Å². The molecule has 1 atom stereocenters. The van der Waals surface area contributed by atoms with Crippen molar-refractivity contribution < 1.29 is 4.79 Å². The molecule has 0 unspecified atom stereocenters. The van der Waals surface area contributed by atoms with Crippen LogP contribution < -0.4 is 5.32 Å². The standard InChI is InChI=1S/C20H25N5OS/c1-14-3-5-16(6-4-14)19(2,22-18(26)15-7-10-27-12-15)17-11-25(24-23-17)20(13-21)8-9-20/h7,10-12,14,16H,3-6,8-9H2,1-2H3,(H,22,26)/t14?,16?,19-/m0/s1. The normalized spacial score (nSPS) is 26.0. The molecule has 2 aliphatic rings. The van der Waals surface area contributed by atoms with Crippen molar-refractivity contribution in [2.24, 2.45) is 11.8 Å². The van der Waals surface area contributed by atoms with Crippen molar-refractivity contribution in [3.8, 4) is 6.07 Å². The van der Waals surface area contributed by atoms with Gasteiger partial charge in [-0.1, -0.05) is 25.0 Å². The van der Waals surface area contributed by atoms with Crippen LogP contribution in [0.1, 0.15) is 68.4 Å². The summed E-state index contributed by atoms with van der Waals surface area (Å²) >= 11 is 1.52. The molecule has 2 aromatic heterocycles. The van der Waals surface area contributed by atoms with E-state index in [0.717, 1.165) is 50.1 Å². The molecule has 0 spiro atoms. The lowest BCUT2D eigenvalue weighted by atomic mass is 9.71. The van der Waals surface area contributed by atoms with E-state index in [4.69, 9.17) is 0 Å². The van der Waals surface area contributed by atoms with Crippen LogP contribution in [0, 0.1) is 23.2 Å². The summed E-state index contributed by atoms with van der Waals surface area (Å²) in [4.78, 5) is 12.9. The van der Waals surface area contributed by atoms with E-state index in [1.54, 1.807) is 4.68 Å². The number of rotatable bonds is 5. The van der Waals surface area contributed by atoms with Gasteiger partial charge in [0.2, 0.25) is 0 Å². The molecule has 2 fully saturated rings. The minimum absolute atomic E-state index is 0.0756. The summed E-state index contributed by atoms with van der Waals surface area (Å²) in [5.41, 5.74) is 0.304. The zero-order valence-corrected chi connectivity index (χ0v) is 16.6. The zero-order valence-electron chi connectivity index (χ0n) is 15.8. The fourth-order valence-electron chi connectivity index (χ4n) is 4.14. The Bertz CT molecular complexity index is 855. The van der Waals surface area contributed by atoms with Crippen molar-refractivity contribution in [1.29, 1.82) is 5.26 Å². The molecular weight excluding hydrogens is 358 g/mol. The lowest BCUT2D eigenvalue weighted by molar-refractivity contribution is 0.0813. The van der Waals surface area contributed by atoms with E-state index in [1.807, 2.05) is 23.0 Å². The number of hydrogen-bond donors (Lipinski definition) is 1. The van der Waals surface area contributed by atoms with Gasteiger partial charge in [0.05, 0.1) is 23.4 Å². The molecule has 0 aliphatic heterocycles. The number of nitrogens with zero attached hydrogens (tertiary/aromatic N) is 4. The summed E-state index contributed by atoms with van der Waals surface area (Å²) in [5, 5.41) is 25.2. The van der Waals surface area contributed by atoms with Gasteiger partial charge in [-0.3, -0.25) is 4.79 Å². The Labute approximate surface area is 163 Å². The summed E-state index contributed by atoms with van der Waals surface area (Å²) < 4.78 is 1.70. The van der Waals surface area contributed by atoms with Crippen molar-refractivity contribution in [1.82, 2.24) is 20.3 Å². The summed E-state index contributed by atoms with van der Waals surface area (Å²) in [6.45, 7) is 4.36. The first-order valence-electron chi connectivity index (χ1n) is 9.66. The smallest absolute Gasteiger partial charge is 0.252 e. The first kappa shape index (κ1) is 18.2. The summed E-state index contributed by atoms with van der Waals surface area (Å²) in [7, 11) is 0. The van der Waals surface area contributed by atoms with Crippen LogP contribution in [0.15, 0.2) is 23.0 Å². The Morgan fingerprint density at radius 2 is 2.15 bits per heavy atom. The highest BCUT2D eigenvalue weighted by Gasteiger charge is 2.48. The summed E-state index contributed by atoms with van der Waals surface area (Å²) in [5.74, 6) is 0.953. The molecule has 2 aromatic rings. The maximum absolute atomic E-state index is 12.9. The summed E-state index contributed by atoms with van der Waals surface area (Å²) in [6.07, 6.45) is 7.92. The maximum atomic E-state index is 12.9. The SMILES string of the molecule is CC1CCC([C@](C)(NC(=O)c2ccsc2)c2cn(C3(C#N)CC3)nn2)CC1. The van der Waals surface area contributed by atoms with Crippen LogP contribution in [0.2, 0.25) is 0 Å². The Morgan fingerprint density at radius 1 is 1.41 bits per heavy atom. The second-order valence-corrected chi connectivity index (χ2v) is 9.10. The van der Waals surface area contributed by atoms with Gasteiger partial charge in [-0.25, -0.2) is 4.68 Å². The molecule has 2 saturated carbocycles. The lowest BCUT2D eigenvalue weighted by Gasteiger charge is -2.40. The second kappa shape index (κ2) is 6.75. The van der Waals surface area contributed by atoms with Crippen LogP contribution in [-0.2, 0) is 11.1 Å². The molecule has 0 bridgehead atoms. The average molecular weight is 384 g/mol. The van der Waals surface area contributed by atoms with E-state index in [0.29, 0.717) is 11.5 Å².